The second-order valence-electron chi connectivity index (χ2n) is 11.1. The Morgan fingerprint density at radius 1 is 1.05 bits per heavy atom. The van der Waals surface area contributed by atoms with Crippen LogP contribution >= 0.6 is 11.8 Å². The molecule has 1 aliphatic carbocycles. The summed E-state index contributed by atoms with van der Waals surface area (Å²) in [4.78, 5) is 46.7. The first-order valence-corrected chi connectivity index (χ1v) is 14.3. The number of hydrogen-bond donors (Lipinski definition) is 2. The van der Waals surface area contributed by atoms with Gasteiger partial charge in [-0.05, 0) is 57.0 Å². The molecule has 1 unspecified atom stereocenters. The third-order valence-corrected chi connectivity index (χ3v) is 7.34. The first kappa shape index (κ1) is 29.8. The molecule has 9 nitrogen and oxygen atoms in total. The van der Waals surface area contributed by atoms with Gasteiger partial charge in [0.1, 0.15) is 5.54 Å². The molecular formula is C28H41N5O4S. The molecule has 2 N–H and O–H groups in total. The van der Waals surface area contributed by atoms with Crippen LogP contribution in [0.4, 0.5) is 0 Å². The monoisotopic (exact) mass is 543 g/mol. The maximum Gasteiger partial charge on any atom is 0.286 e. The van der Waals surface area contributed by atoms with Crippen molar-refractivity contribution in [1.82, 2.24) is 25.7 Å². The predicted octanol–water partition coefficient (Wildman–Crippen LogP) is 4.48. The highest BCUT2D eigenvalue weighted by Crippen LogP contribution is 2.30. The summed E-state index contributed by atoms with van der Waals surface area (Å²) in [6.45, 7) is 8.74. The molecule has 2 aromatic rings. The van der Waals surface area contributed by atoms with Gasteiger partial charge in [-0.3, -0.25) is 14.4 Å². The van der Waals surface area contributed by atoms with E-state index >= 15 is 0 Å². The van der Waals surface area contributed by atoms with Gasteiger partial charge in [0.25, 0.3) is 11.1 Å². The molecule has 0 saturated heterocycles. The minimum atomic E-state index is -1.08. The largest absolute Gasteiger partial charge is 0.344 e. The lowest BCUT2D eigenvalue weighted by Gasteiger charge is -2.37. The Morgan fingerprint density at radius 2 is 1.71 bits per heavy atom. The van der Waals surface area contributed by atoms with Crippen molar-refractivity contribution >= 4 is 29.4 Å². The topological polar surface area (TPSA) is 117 Å². The molecule has 10 heteroatoms. The summed E-state index contributed by atoms with van der Waals surface area (Å²) in [5, 5.41) is 10.4. The highest BCUT2D eigenvalue weighted by atomic mass is 32.2. The second-order valence-corrected chi connectivity index (χ2v) is 12.6. The number of hydrogen-bond acceptors (Lipinski definition) is 8. The van der Waals surface area contributed by atoms with E-state index in [9.17, 15) is 14.4 Å². The summed E-state index contributed by atoms with van der Waals surface area (Å²) in [5.74, 6) is -0.926. The third-order valence-electron chi connectivity index (χ3n) is 6.50. The normalized spacial score (nSPS) is 16.0. The Kier molecular flexibility index (Phi) is 10.5. The van der Waals surface area contributed by atoms with Crippen LogP contribution in [0, 0.1) is 5.92 Å². The molecule has 0 bridgehead atoms. The first-order valence-electron chi connectivity index (χ1n) is 13.4. The molecule has 1 heterocycles. The van der Waals surface area contributed by atoms with Crippen LogP contribution in [0.1, 0.15) is 92.8 Å². The van der Waals surface area contributed by atoms with E-state index in [1.165, 1.54) is 11.8 Å². The Labute approximate surface area is 229 Å². The Morgan fingerprint density at radius 3 is 2.29 bits per heavy atom. The molecular weight excluding hydrogens is 502 g/mol. The van der Waals surface area contributed by atoms with Crippen LogP contribution in [0.15, 0.2) is 34.0 Å². The summed E-state index contributed by atoms with van der Waals surface area (Å²) in [6, 6.07) is 6.61. The first-order chi connectivity index (χ1) is 18.0. The van der Waals surface area contributed by atoms with Gasteiger partial charge in [-0.15, -0.1) is 0 Å². The van der Waals surface area contributed by atoms with E-state index in [2.05, 4.69) is 25.7 Å². The Hall–Kier alpha value is -2.72. The molecule has 1 aromatic heterocycles. The van der Waals surface area contributed by atoms with Crippen LogP contribution in [-0.2, 0) is 11.3 Å². The smallest absolute Gasteiger partial charge is 0.286 e. The van der Waals surface area contributed by atoms with Gasteiger partial charge in [-0.25, -0.2) is 0 Å². The number of ketones is 1. The summed E-state index contributed by atoms with van der Waals surface area (Å²) < 4.78 is 5.23. The predicted molar refractivity (Wildman–Crippen MR) is 148 cm³/mol. The van der Waals surface area contributed by atoms with Gasteiger partial charge in [-0.2, -0.15) is 4.98 Å². The van der Waals surface area contributed by atoms with Gasteiger partial charge in [0.15, 0.2) is 0 Å². The number of nitrogens with zero attached hydrogens (tertiary/aromatic N) is 3. The molecule has 0 spiro atoms. The number of nitrogens with one attached hydrogen (secondary N) is 2. The fourth-order valence-corrected chi connectivity index (χ4v) is 5.32. The lowest BCUT2D eigenvalue weighted by Crippen LogP contribution is -2.62. The fourth-order valence-electron chi connectivity index (χ4n) is 4.69. The lowest BCUT2D eigenvalue weighted by molar-refractivity contribution is -0.129. The molecule has 208 valence electrons. The van der Waals surface area contributed by atoms with Gasteiger partial charge in [0, 0.05) is 17.4 Å². The molecule has 1 atom stereocenters. The molecule has 1 aliphatic rings. The molecule has 0 radical (unpaired) electrons. The van der Waals surface area contributed by atoms with Crippen molar-refractivity contribution < 1.29 is 18.9 Å². The SMILES string of the molecule is CC(C)CC(NC(=O)C1(NC(=O)c2ccc(CN(C)C)cc2)CCCCC1)C(=O)c1noc(SC(C)C)n1. The zero-order valence-corrected chi connectivity index (χ0v) is 24.2. The highest BCUT2D eigenvalue weighted by molar-refractivity contribution is 7.99. The average molecular weight is 544 g/mol. The summed E-state index contributed by atoms with van der Waals surface area (Å²) in [5.41, 5.74) is 0.522. The molecule has 38 heavy (non-hydrogen) atoms. The maximum absolute atomic E-state index is 13.8. The molecule has 0 aliphatic heterocycles. The molecule has 1 aromatic carbocycles. The number of carbonyl (C=O) groups is 3. The Balaban J connectivity index is 1.78. The number of aromatic nitrogens is 2. The van der Waals surface area contributed by atoms with Crippen LogP contribution in [0.3, 0.4) is 0 Å². The van der Waals surface area contributed by atoms with E-state index < -0.39 is 11.6 Å². The zero-order valence-electron chi connectivity index (χ0n) is 23.4. The maximum atomic E-state index is 13.8. The number of benzene rings is 1. The summed E-state index contributed by atoms with van der Waals surface area (Å²) >= 11 is 1.38. The number of amides is 2. The van der Waals surface area contributed by atoms with E-state index in [-0.39, 0.29) is 34.6 Å². The van der Waals surface area contributed by atoms with Crippen molar-refractivity contribution in [2.24, 2.45) is 5.92 Å². The fraction of sp³-hybridized carbons (Fsp3) is 0.607. The van der Waals surface area contributed by atoms with E-state index in [1.54, 1.807) is 12.1 Å². The van der Waals surface area contributed by atoms with Gasteiger partial charge in [-0.1, -0.05) is 76.0 Å². The number of carbonyl (C=O) groups excluding carboxylic acids is 3. The van der Waals surface area contributed by atoms with Crippen molar-refractivity contribution in [3.63, 3.8) is 0 Å². The van der Waals surface area contributed by atoms with Crippen molar-refractivity contribution in [3.05, 3.63) is 41.2 Å². The average Bonchev–Trinajstić information content (AvgIpc) is 3.31. The van der Waals surface area contributed by atoms with Crippen LogP contribution < -0.4 is 10.6 Å². The molecule has 1 fully saturated rings. The van der Waals surface area contributed by atoms with Crippen LogP contribution in [0.5, 0.6) is 0 Å². The minimum absolute atomic E-state index is 0.0429. The summed E-state index contributed by atoms with van der Waals surface area (Å²) in [7, 11) is 3.98. The van der Waals surface area contributed by atoms with E-state index in [4.69, 9.17) is 4.52 Å². The van der Waals surface area contributed by atoms with Crippen LogP contribution in [0.2, 0.25) is 0 Å². The number of rotatable bonds is 12. The van der Waals surface area contributed by atoms with Crippen molar-refractivity contribution in [2.45, 2.75) is 94.8 Å². The third kappa shape index (κ3) is 8.14. The zero-order chi connectivity index (χ0) is 27.9. The van der Waals surface area contributed by atoms with Gasteiger partial charge >= 0.3 is 0 Å². The Bertz CT molecular complexity index is 1090. The van der Waals surface area contributed by atoms with Crippen molar-refractivity contribution in [1.29, 1.82) is 0 Å². The summed E-state index contributed by atoms with van der Waals surface area (Å²) in [6.07, 6.45) is 4.09. The van der Waals surface area contributed by atoms with Crippen LogP contribution in [0.25, 0.3) is 0 Å². The standard InChI is InChI=1S/C28H41N5O4S/c1-18(2)16-22(23(34)24-30-27(37-32-24)38-19(3)4)29-26(36)28(14-8-7-9-15-28)31-25(35)21-12-10-20(11-13-21)17-33(5)6/h10-13,18-19,22H,7-9,14-17H2,1-6H3,(H,29,36)(H,31,35). The minimum Gasteiger partial charge on any atom is -0.344 e. The van der Waals surface area contributed by atoms with E-state index in [1.807, 2.05) is 53.9 Å². The van der Waals surface area contributed by atoms with Crippen molar-refractivity contribution in [2.75, 3.05) is 14.1 Å². The van der Waals surface area contributed by atoms with Crippen LogP contribution in [-0.4, -0.2) is 63.6 Å². The van der Waals surface area contributed by atoms with E-state index in [0.29, 0.717) is 30.0 Å². The van der Waals surface area contributed by atoms with E-state index in [0.717, 1.165) is 31.4 Å². The van der Waals surface area contributed by atoms with Gasteiger partial charge in [0.2, 0.25) is 17.5 Å². The number of thioether (sulfide) groups is 1. The molecule has 2 amide bonds. The molecule has 3 rings (SSSR count). The van der Waals surface area contributed by atoms with Gasteiger partial charge in [0.05, 0.1) is 6.04 Å². The number of Topliss-reactive ketones (excluding diaryl/α,β-unsaturated/α-hetero) is 1. The van der Waals surface area contributed by atoms with Gasteiger partial charge < -0.3 is 20.1 Å². The van der Waals surface area contributed by atoms with Crippen molar-refractivity contribution in [3.8, 4) is 0 Å². The lowest BCUT2D eigenvalue weighted by atomic mass is 9.80. The highest BCUT2D eigenvalue weighted by Gasteiger charge is 2.43. The molecule has 1 saturated carbocycles. The second kappa shape index (κ2) is 13.4. The quantitative estimate of drug-likeness (QED) is 0.297.